The maximum atomic E-state index is 2.36. The van der Waals surface area contributed by atoms with Crippen LogP contribution in [0.15, 0.2) is 0 Å². The summed E-state index contributed by atoms with van der Waals surface area (Å²) in [6.07, 6.45) is 1.19. The largest absolute Gasteiger partial charge is 0.138 e. The Kier molecular flexibility index (Phi) is 3.77. The second-order valence-electron chi connectivity index (χ2n) is 5.74. The third-order valence-electron chi connectivity index (χ3n) is 4.56. The van der Waals surface area contributed by atoms with Gasteiger partial charge in [0.25, 0.3) is 0 Å². The van der Waals surface area contributed by atoms with Gasteiger partial charge in [0.15, 0.2) is 0 Å². The molecule has 0 aliphatic heterocycles. The average molecular weight is 207 g/mol. The molecule has 0 unspecified atom stereocenters. The van der Waals surface area contributed by atoms with Gasteiger partial charge in [0.05, 0.1) is 0 Å². The van der Waals surface area contributed by atoms with Gasteiger partial charge in [-0.2, -0.15) is 0 Å². The van der Waals surface area contributed by atoms with Gasteiger partial charge in [-0.15, -0.1) is 16.4 Å². The molecule has 0 spiro atoms. The van der Waals surface area contributed by atoms with Crippen molar-refractivity contribution in [2.75, 3.05) is 0 Å². The Labute approximate surface area is 105 Å². The van der Waals surface area contributed by atoms with Gasteiger partial charge >= 0.3 is 0 Å². The molecule has 0 radical (unpaired) electrons. The van der Waals surface area contributed by atoms with Crippen molar-refractivity contribution in [1.29, 1.82) is 0 Å². The Morgan fingerprint density at radius 3 is 1.38 bits per heavy atom. The molecule has 0 heterocycles. The number of hydrogen-bond donors (Lipinski definition) is 0. The van der Waals surface area contributed by atoms with Gasteiger partial charge in [-0.05, 0) is 11.8 Å². The lowest BCUT2D eigenvalue weighted by Gasteiger charge is -2.32. The molecule has 0 atom stereocenters. The monoisotopic (exact) mass is 208 g/mol. The molecule has 0 amide bonds. The second-order valence-corrected chi connectivity index (χ2v) is 5.74. The summed E-state index contributed by atoms with van der Waals surface area (Å²) in [5, 5.41) is 0. The third-order valence-corrected chi connectivity index (χ3v) is 4.56. The normalized spacial score (nSPS) is 11.7. The molecule has 0 saturated carbocycles. The maximum Gasteiger partial charge on any atom is 0.138 e. The Hall–Kier alpha value is -0.455. The van der Waals surface area contributed by atoms with E-state index in [0.29, 0.717) is 0 Å². The number of rotatable bonds is 2. The van der Waals surface area contributed by atoms with E-state index in [1.807, 2.05) is 0 Å². The fourth-order valence-electron chi connectivity index (χ4n) is 2.69. The standard InChI is InChI=1S/C11H21B5/c1-4-11(2,3)5-6(12)8(14)10(16)9(15)7(5)13/h4,12-16H2,1-3H3. The van der Waals surface area contributed by atoms with Crippen LogP contribution in [0, 0.1) is 0 Å². The minimum atomic E-state index is 0.289. The molecule has 5 heteroatoms. The van der Waals surface area contributed by atoms with Crippen LogP contribution in [0.4, 0.5) is 0 Å². The van der Waals surface area contributed by atoms with Crippen molar-refractivity contribution < 1.29 is 0 Å². The Balaban J connectivity index is 3.65. The summed E-state index contributed by atoms with van der Waals surface area (Å²) in [7, 11) is 11.3. The van der Waals surface area contributed by atoms with Crippen molar-refractivity contribution in [1.82, 2.24) is 0 Å². The summed E-state index contributed by atoms with van der Waals surface area (Å²) >= 11 is 0. The van der Waals surface area contributed by atoms with Gasteiger partial charge in [-0.3, -0.25) is 0 Å². The molecule has 80 valence electrons. The average Bonchev–Trinajstić information content (AvgIpc) is 2.23. The quantitative estimate of drug-likeness (QED) is 0.425. The highest BCUT2D eigenvalue weighted by Crippen LogP contribution is 2.22. The van der Waals surface area contributed by atoms with E-state index in [1.54, 1.807) is 5.56 Å². The predicted molar refractivity (Wildman–Crippen MR) is 90.6 cm³/mol. The topological polar surface area (TPSA) is 0 Å². The summed E-state index contributed by atoms with van der Waals surface area (Å²) < 4.78 is 0. The zero-order chi connectivity index (χ0) is 12.7. The highest BCUT2D eigenvalue weighted by Gasteiger charge is 2.24. The van der Waals surface area contributed by atoms with Gasteiger partial charge in [0, 0.05) is 0 Å². The van der Waals surface area contributed by atoms with E-state index >= 15 is 0 Å². The van der Waals surface area contributed by atoms with Crippen molar-refractivity contribution in [3.63, 3.8) is 0 Å². The van der Waals surface area contributed by atoms with Crippen LogP contribution in [0.25, 0.3) is 0 Å². The third kappa shape index (κ3) is 2.01. The van der Waals surface area contributed by atoms with E-state index < -0.39 is 0 Å². The van der Waals surface area contributed by atoms with Crippen molar-refractivity contribution in [2.24, 2.45) is 0 Å². The van der Waals surface area contributed by atoms with Crippen LogP contribution in [0.2, 0.25) is 0 Å². The van der Waals surface area contributed by atoms with E-state index in [9.17, 15) is 0 Å². The highest BCUT2D eigenvalue weighted by molar-refractivity contribution is 6.67. The van der Waals surface area contributed by atoms with Crippen molar-refractivity contribution >= 4 is 66.5 Å². The fraction of sp³-hybridized carbons (Fsp3) is 0.455. The smallest absolute Gasteiger partial charge is 0.102 e. The van der Waals surface area contributed by atoms with Crippen LogP contribution in [0.5, 0.6) is 0 Å². The number of benzene rings is 1. The van der Waals surface area contributed by atoms with Crippen LogP contribution >= 0.6 is 0 Å². The molecule has 0 fully saturated rings. The minimum absolute atomic E-state index is 0.289. The van der Waals surface area contributed by atoms with Crippen LogP contribution in [0.1, 0.15) is 32.8 Å². The molecule has 0 aliphatic carbocycles. The molecular formula is C11H21B5. The van der Waals surface area contributed by atoms with Crippen LogP contribution in [0.3, 0.4) is 0 Å². The first-order chi connectivity index (χ1) is 7.24. The summed E-state index contributed by atoms with van der Waals surface area (Å²) in [6.45, 7) is 7.00. The molecular weight excluding hydrogens is 186 g/mol. The summed E-state index contributed by atoms with van der Waals surface area (Å²) in [5.41, 5.74) is 9.25. The van der Waals surface area contributed by atoms with E-state index in [-0.39, 0.29) is 5.41 Å². The second kappa shape index (κ2) is 4.43. The maximum absolute atomic E-state index is 2.36. The number of hydrogen-bond acceptors (Lipinski definition) is 0. The van der Waals surface area contributed by atoms with Gasteiger partial charge in [0.1, 0.15) is 39.2 Å². The molecule has 0 nitrogen and oxygen atoms in total. The zero-order valence-corrected chi connectivity index (χ0v) is 12.2. The molecule has 1 aromatic rings. The van der Waals surface area contributed by atoms with Crippen LogP contribution < -0.4 is 27.3 Å². The van der Waals surface area contributed by atoms with Crippen molar-refractivity contribution in [3.05, 3.63) is 5.56 Å². The van der Waals surface area contributed by atoms with Gasteiger partial charge in [-0.25, -0.2) is 0 Å². The first-order valence-electron chi connectivity index (χ1n) is 6.31. The lowest BCUT2D eigenvalue weighted by atomic mass is 9.57. The first-order valence-corrected chi connectivity index (χ1v) is 6.31. The van der Waals surface area contributed by atoms with Gasteiger partial charge < -0.3 is 0 Å². The molecule has 1 rings (SSSR count). The minimum Gasteiger partial charge on any atom is -0.102 e. The van der Waals surface area contributed by atoms with Crippen LogP contribution in [-0.2, 0) is 5.41 Å². The molecule has 0 aromatic heterocycles. The van der Waals surface area contributed by atoms with E-state index in [1.165, 1.54) is 33.7 Å². The molecule has 0 bridgehead atoms. The molecule has 0 saturated heterocycles. The van der Waals surface area contributed by atoms with E-state index in [4.69, 9.17) is 0 Å². The predicted octanol–water partition coefficient (Wildman–Crippen LogP) is -5.33. The highest BCUT2D eigenvalue weighted by atomic mass is 14.3. The SMILES string of the molecule is Bc1c(B)c(B)c(C(C)(C)CC)c(B)c1B. The van der Waals surface area contributed by atoms with Crippen molar-refractivity contribution in [3.8, 4) is 0 Å². The molecule has 1 aromatic carbocycles. The fourth-order valence-corrected chi connectivity index (χ4v) is 2.69. The Bertz CT molecular complexity index is 394. The lowest BCUT2D eigenvalue weighted by molar-refractivity contribution is 0.513. The first kappa shape index (κ1) is 13.6. The van der Waals surface area contributed by atoms with E-state index in [2.05, 4.69) is 60.0 Å². The lowest BCUT2D eigenvalue weighted by Crippen LogP contribution is -2.58. The molecule has 0 N–H and O–H groups in total. The molecule has 0 aliphatic rings. The van der Waals surface area contributed by atoms with Gasteiger partial charge in [-0.1, -0.05) is 37.3 Å². The van der Waals surface area contributed by atoms with Crippen LogP contribution in [-0.4, -0.2) is 39.2 Å². The van der Waals surface area contributed by atoms with Gasteiger partial charge in [0.2, 0.25) is 0 Å². The van der Waals surface area contributed by atoms with E-state index in [0.717, 1.165) is 0 Å². The Morgan fingerprint density at radius 1 is 0.750 bits per heavy atom. The summed E-state index contributed by atoms with van der Waals surface area (Å²) in [6, 6.07) is 0. The Morgan fingerprint density at radius 2 is 1.06 bits per heavy atom. The zero-order valence-electron chi connectivity index (χ0n) is 12.2. The summed E-state index contributed by atoms with van der Waals surface area (Å²) in [5.74, 6) is 0. The molecule has 16 heavy (non-hydrogen) atoms. The summed E-state index contributed by atoms with van der Waals surface area (Å²) in [4.78, 5) is 0. The van der Waals surface area contributed by atoms with Crippen molar-refractivity contribution in [2.45, 2.75) is 32.6 Å².